The number of rotatable bonds is 2. The van der Waals surface area contributed by atoms with E-state index in [-0.39, 0.29) is 11.9 Å². The van der Waals surface area contributed by atoms with E-state index in [0.717, 1.165) is 12.2 Å². The Morgan fingerprint density at radius 1 is 1.54 bits per heavy atom. The van der Waals surface area contributed by atoms with Gasteiger partial charge in [0, 0.05) is 6.42 Å². The van der Waals surface area contributed by atoms with Gasteiger partial charge in [-0.1, -0.05) is 20.8 Å². The first-order chi connectivity index (χ1) is 5.96. The van der Waals surface area contributed by atoms with Crippen molar-refractivity contribution in [2.24, 2.45) is 5.92 Å². The van der Waals surface area contributed by atoms with E-state index in [2.05, 4.69) is 4.72 Å². The average Bonchev–Trinajstić information content (AvgIpc) is 2.03. The second-order valence-electron chi connectivity index (χ2n) is 3.32. The van der Waals surface area contributed by atoms with Crippen molar-refractivity contribution < 1.29 is 13.2 Å². The lowest BCUT2D eigenvalue weighted by Gasteiger charge is -2.24. The quantitative estimate of drug-likeness (QED) is 0.736. The van der Waals surface area contributed by atoms with Crippen LogP contribution in [0.2, 0.25) is 0 Å². The summed E-state index contributed by atoms with van der Waals surface area (Å²) in [6.45, 7) is 5.81. The molecule has 0 saturated heterocycles. The van der Waals surface area contributed by atoms with Crippen molar-refractivity contribution in [1.82, 2.24) is 4.72 Å². The lowest BCUT2D eigenvalue weighted by atomic mass is 10.1. The Bertz CT molecular complexity index is 316. The van der Waals surface area contributed by atoms with Crippen LogP contribution in [0, 0.1) is 5.92 Å². The van der Waals surface area contributed by atoms with Crippen molar-refractivity contribution in [3.05, 3.63) is 11.5 Å². The Morgan fingerprint density at radius 3 is 2.62 bits per heavy atom. The molecule has 0 aromatic heterocycles. The van der Waals surface area contributed by atoms with Crippen LogP contribution in [0.5, 0.6) is 0 Å². The second kappa shape index (κ2) is 3.57. The Morgan fingerprint density at radius 2 is 2.15 bits per heavy atom. The fourth-order valence-electron chi connectivity index (χ4n) is 1.21. The van der Waals surface area contributed by atoms with E-state index in [1.54, 1.807) is 0 Å². The third-order valence-electron chi connectivity index (χ3n) is 1.85. The van der Waals surface area contributed by atoms with Gasteiger partial charge in [0.05, 0.1) is 5.70 Å². The molecule has 1 aliphatic rings. The van der Waals surface area contributed by atoms with Crippen molar-refractivity contribution >= 4 is 10.0 Å². The van der Waals surface area contributed by atoms with E-state index in [9.17, 15) is 8.42 Å². The maximum Gasteiger partial charge on any atom is 0.268 e. The first-order valence-electron chi connectivity index (χ1n) is 4.32. The summed E-state index contributed by atoms with van der Waals surface area (Å²) in [4.78, 5) is 0. The molecule has 0 aliphatic carbocycles. The summed E-state index contributed by atoms with van der Waals surface area (Å²) < 4.78 is 30.0. The zero-order valence-electron chi connectivity index (χ0n) is 8.12. The fraction of sp³-hybridized carbons (Fsp3) is 0.750. The van der Waals surface area contributed by atoms with Crippen LogP contribution < -0.4 is 4.72 Å². The van der Waals surface area contributed by atoms with Gasteiger partial charge in [-0.3, -0.25) is 4.72 Å². The van der Waals surface area contributed by atoms with Gasteiger partial charge in [0.2, 0.25) is 5.94 Å². The molecule has 1 N–H and O–H groups in total. The molecule has 0 bridgehead atoms. The van der Waals surface area contributed by atoms with Gasteiger partial charge in [-0.15, -0.1) is 0 Å². The zero-order valence-corrected chi connectivity index (χ0v) is 8.94. The molecule has 76 valence electrons. The molecule has 1 heterocycles. The van der Waals surface area contributed by atoms with Gasteiger partial charge in [0.1, 0.15) is 5.76 Å². The molecule has 0 radical (unpaired) electrons. The zero-order chi connectivity index (χ0) is 10.1. The van der Waals surface area contributed by atoms with Gasteiger partial charge in [0.15, 0.2) is 0 Å². The Hall–Kier alpha value is -0.710. The van der Waals surface area contributed by atoms with E-state index in [0.29, 0.717) is 5.70 Å². The van der Waals surface area contributed by atoms with Crippen LogP contribution in [-0.2, 0) is 14.8 Å². The molecule has 0 aromatic rings. The van der Waals surface area contributed by atoms with Crippen LogP contribution in [0.4, 0.5) is 0 Å². The fourth-order valence-corrected chi connectivity index (χ4v) is 2.25. The topological polar surface area (TPSA) is 55.4 Å². The van der Waals surface area contributed by atoms with E-state index in [1.807, 2.05) is 20.8 Å². The smallest absolute Gasteiger partial charge is 0.268 e. The number of ether oxygens (including phenoxy) is 1. The van der Waals surface area contributed by atoms with Crippen LogP contribution in [0.3, 0.4) is 0 Å². The van der Waals surface area contributed by atoms with Gasteiger partial charge in [-0.25, -0.2) is 8.42 Å². The summed E-state index contributed by atoms with van der Waals surface area (Å²) in [7, 11) is -3.25. The molecule has 0 amide bonds. The highest BCUT2D eigenvalue weighted by Crippen LogP contribution is 2.21. The van der Waals surface area contributed by atoms with Crippen molar-refractivity contribution in [2.45, 2.75) is 27.2 Å². The second-order valence-corrected chi connectivity index (χ2v) is 4.99. The van der Waals surface area contributed by atoms with Crippen molar-refractivity contribution in [3.63, 3.8) is 0 Å². The molecular formula is C8H15NO3S. The van der Waals surface area contributed by atoms with Crippen molar-refractivity contribution in [1.29, 1.82) is 0 Å². The lowest BCUT2D eigenvalue weighted by Crippen LogP contribution is -2.34. The Labute approximate surface area is 79.0 Å². The van der Waals surface area contributed by atoms with Crippen LogP contribution in [0.15, 0.2) is 11.5 Å². The minimum atomic E-state index is -3.25. The van der Waals surface area contributed by atoms with E-state index >= 15 is 0 Å². The van der Waals surface area contributed by atoms with Crippen molar-refractivity contribution in [3.8, 4) is 0 Å². The van der Waals surface area contributed by atoms with Crippen LogP contribution in [0.25, 0.3) is 0 Å². The molecule has 0 fully saturated rings. The van der Waals surface area contributed by atoms with Gasteiger partial charge < -0.3 is 4.74 Å². The monoisotopic (exact) mass is 205 g/mol. The normalized spacial score (nSPS) is 21.2. The molecule has 0 saturated carbocycles. The van der Waals surface area contributed by atoms with Crippen molar-refractivity contribution in [2.75, 3.05) is 5.94 Å². The molecule has 13 heavy (non-hydrogen) atoms. The summed E-state index contributed by atoms with van der Waals surface area (Å²) in [6.07, 6.45) is 0.718. The summed E-state index contributed by atoms with van der Waals surface area (Å²) in [5.74, 6) is 0.640. The molecule has 1 rings (SSSR count). The first-order valence-corrected chi connectivity index (χ1v) is 5.98. The molecule has 0 atom stereocenters. The molecule has 1 aliphatic heterocycles. The lowest BCUT2D eigenvalue weighted by molar-refractivity contribution is 0.234. The predicted molar refractivity (Wildman–Crippen MR) is 50.2 cm³/mol. The molecule has 0 spiro atoms. The van der Waals surface area contributed by atoms with Crippen LogP contribution >= 0.6 is 0 Å². The molecule has 0 unspecified atom stereocenters. The molecule has 0 aromatic carbocycles. The number of hydrogen-bond acceptors (Lipinski definition) is 3. The van der Waals surface area contributed by atoms with Gasteiger partial charge in [0.25, 0.3) is 10.0 Å². The highest BCUT2D eigenvalue weighted by atomic mass is 32.2. The van der Waals surface area contributed by atoms with E-state index in [4.69, 9.17) is 4.74 Å². The third-order valence-corrected chi connectivity index (χ3v) is 2.81. The standard InChI is InChI=1S/C8H15NO3S/c1-4-7-8(6(2)3)9-13(10,11)5-12-7/h6,9H,4-5H2,1-3H3. The highest BCUT2D eigenvalue weighted by Gasteiger charge is 2.24. The molecular weight excluding hydrogens is 190 g/mol. The first kappa shape index (κ1) is 10.4. The molecule has 4 nitrogen and oxygen atoms in total. The van der Waals surface area contributed by atoms with E-state index in [1.165, 1.54) is 0 Å². The Balaban J connectivity index is 3.00. The minimum Gasteiger partial charge on any atom is -0.478 e. The van der Waals surface area contributed by atoms with Gasteiger partial charge in [-0.2, -0.15) is 0 Å². The van der Waals surface area contributed by atoms with Gasteiger partial charge >= 0.3 is 0 Å². The minimum absolute atomic E-state index is 0.144. The third kappa shape index (κ3) is 2.37. The SMILES string of the molecule is CCC1=C(C(C)C)NS(=O)(=O)CO1. The number of allylic oxidation sites excluding steroid dienone is 2. The average molecular weight is 205 g/mol. The predicted octanol–water partition coefficient (Wildman–Crippen LogP) is 1.17. The van der Waals surface area contributed by atoms with Crippen LogP contribution in [0.1, 0.15) is 27.2 Å². The summed E-state index contributed by atoms with van der Waals surface area (Å²) in [6, 6.07) is 0. The Kier molecular flexibility index (Phi) is 2.85. The van der Waals surface area contributed by atoms with Crippen LogP contribution in [-0.4, -0.2) is 14.4 Å². The summed E-state index contributed by atoms with van der Waals surface area (Å²) in [5, 5.41) is 0. The molecule has 5 heteroatoms. The maximum atomic E-state index is 11.2. The van der Waals surface area contributed by atoms with E-state index < -0.39 is 10.0 Å². The van der Waals surface area contributed by atoms with Gasteiger partial charge in [-0.05, 0) is 5.92 Å². The number of hydrogen-bond donors (Lipinski definition) is 1. The maximum absolute atomic E-state index is 11.2. The highest BCUT2D eigenvalue weighted by molar-refractivity contribution is 7.89. The summed E-state index contributed by atoms with van der Waals surface area (Å²) in [5.41, 5.74) is 0.689. The summed E-state index contributed by atoms with van der Waals surface area (Å²) >= 11 is 0. The largest absolute Gasteiger partial charge is 0.478 e. The number of nitrogens with one attached hydrogen (secondary N) is 1. The number of sulfonamides is 1.